The molecule has 0 spiro atoms. The van der Waals surface area contributed by atoms with Gasteiger partial charge in [-0.25, -0.2) is 4.79 Å². The van der Waals surface area contributed by atoms with Crippen LogP contribution in [0.1, 0.15) is 47.6 Å². The van der Waals surface area contributed by atoms with E-state index in [9.17, 15) is 9.59 Å². The van der Waals surface area contributed by atoms with E-state index in [1.807, 2.05) is 0 Å². The zero-order chi connectivity index (χ0) is 14.5. The second-order valence-electron chi connectivity index (χ2n) is 4.97. The van der Waals surface area contributed by atoms with Gasteiger partial charge in [-0.15, -0.1) is 0 Å². The van der Waals surface area contributed by atoms with Crippen molar-refractivity contribution in [2.45, 2.75) is 45.3 Å². The summed E-state index contributed by atoms with van der Waals surface area (Å²) < 4.78 is 10.1. The van der Waals surface area contributed by atoms with Gasteiger partial charge >= 0.3 is 5.97 Å². The fourth-order valence-corrected chi connectivity index (χ4v) is 2.37. The van der Waals surface area contributed by atoms with Crippen LogP contribution in [0.2, 0.25) is 0 Å². The highest BCUT2D eigenvalue weighted by molar-refractivity contribution is 5.92. The number of esters is 1. The van der Waals surface area contributed by atoms with E-state index in [0.29, 0.717) is 11.5 Å². The topological polar surface area (TPSA) is 88.8 Å². The largest absolute Gasteiger partial charge is 0.463 e. The smallest absolute Gasteiger partial charge is 0.342 e. The van der Waals surface area contributed by atoms with Gasteiger partial charge < -0.3 is 19.6 Å². The molecule has 2 rings (SSSR count). The van der Waals surface area contributed by atoms with Gasteiger partial charge in [0.25, 0.3) is 5.91 Å². The van der Waals surface area contributed by atoms with Crippen LogP contribution in [-0.4, -0.2) is 29.6 Å². The highest BCUT2D eigenvalue weighted by atomic mass is 16.5. The summed E-state index contributed by atoms with van der Waals surface area (Å²) in [4.78, 5) is 23.4. The predicted octanol–water partition coefficient (Wildman–Crippen LogP) is 1.30. The van der Waals surface area contributed by atoms with Crippen LogP contribution in [0.5, 0.6) is 0 Å². The van der Waals surface area contributed by atoms with Crippen LogP contribution in [-0.2, 0) is 16.1 Å². The van der Waals surface area contributed by atoms with Crippen molar-refractivity contribution in [1.82, 2.24) is 5.32 Å². The number of aliphatic hydroxyl groups excluding tert-OH is 1. The van der Waals surface area contributed by atoms with Crippen LogP contribution in [0.15, 0.2) is 10.5 Å². The molecule has 0 aliphatic heterocycles. The zero-order valence-electron chi connectivity index (χ0n) is 11.5. The number of furan rings is 1. The average Bonchev–Trinajstić information content (AvgIpc) is 3.05. The standard InChI is InChI=1S/C14H19NO5/c1-9-12(6-11(7-16)20-9)14(18)19-8-13(17)15-10-4-2-3-5-10/h6,10,16H,2-5,7-8H2,1H3,(H,15,17). The Morgan fingerprint density at radius 3 is 2.75 bits per heavy atom. The van der Waals surface area contributed by atoms with E-state index in [-0.39, 0.29) is 30.7 Å². The number of amides is 1. The molecule has 1 aromatic rings. The molecule has 1 amide bonds. The van der Waals surface area contributed by atoms with Crippen LogP contribution in [0, 0.1) is 6.92 Å². The number of rotatable bonds is 5. The summed E-state index contributed by atoms with van der Waals surface area (Å²) in [5, 5.41) is 11.8. The number of carbonyl (C=O) groups is 2. The van der Waals surface area contributed by atoms with Gasteiger partial charge in [0.2, 0.25) is 0 Å². The lowest BCUT2D eigenvalue weighted by Gasteiger charge is -2.11. The number of hydrogen-bond donors (Lipinski definition) is 2. The van der Waals surface area contributed by atoms with Gasteiger partial charge in [-0.1, -0.05) is 12.8 Å². The molecule has 20 heavy (non-hydrogen) atoms. The number of aryl methyl sites for hydroxylation is 1. The molecule has 1 aliphatic rings. The molecule has 0 atom stereocenters. The molecule has 1 heterocycles. The normalized spacial score (nSPS) is 15.3. The van der Waals surface area contributed by atoms with Crippen LogP contribution < -0.4 is 5.32 Å². The van der Waals surface area contributed by atoms with E-state index in [0.717, 1.165) is 25.7 Å². The molecule has 0 bridgehead atoms. The van der Waals surface area contributed by atoms with Crippen molar-refractivity contribution in [2.24, 2.45) is 0 Å². The summed E-state index contributed by atoms with van der Waals surface area (Å²) in [7, 11) is 0. The molecular formula is C14H19NO5. The summed E-state index contributed by atoms with van der Waals surface area (Å²) in [6.07, 6.45) is 4.23. The molecular weight excluding hydrogens is 262 g/mol. The molecule has 110 valence electrons. The maximum Gasteiger partial charge on any atom is 0.342 e. The number of nitrogens with one attached hydrogen (secondary N) is 1. The lowest BCUT2D eigenvalue weighted by molar-refractivity contribution is -0.124. The fourth-order valence-electron chi connectivity index (χ4n) is 2.37. The molecule has 6 nitrogen and oxygen atoms in total. The molecule has 1 aromatic heterocycles. The van der Waals surface area contributed by atoms with Crippen molar-refractivity contribution in [3.05, 3.63) is 23.2 Å². The molecule has 6 heteroatoms. The van der Waals surface area contributed by atoms with E-state index in [1.165, 1.54) is 6.07 Å². The summed E-state index contributed by atoms with van der Waals surface area (Å²) in [6, 6.07) is 1.63. The Balaban J connectivity index is 1.81. The first-order valence-corrected chi connectivity index (χ1v) is 6.77. The van der Waals surface area contributed by atoms with Crippen molar-refractivity contribution in [1.29, 1.82) is 0 Å². The highest BCUT2D eigenvalue weighted by Gasteiger charge is 2.20. The lowest BCUT2D eigenvalue weighted by atomic mass is 10.2. The van der Waals surface area contributed by atoms with E-state index < -0.39 is 5.97 Å². The Hall–Kier alpha value is -1.82. The van der Waals surface area contributed by atoms with Gasteiger partial charge in [0.15, 0.2) is 6.61 Å². The Bertz CT molecular complexity index is 488. The minimum atomic E-state index is -0.618. The monoisotopic (exact) mass is 281 g/mol. The Morgan fingerprint density at radius 2 is 2.15 bits per heavy atom. The first-order chi connectivity index (χ1) is 9.60. The Morgan fingerprint density at radius 1 is 1.45 bits per heavy atom. The number of ether oxygens (including phenoxy) is 1. The highest BCUT2D eigenvalue weighted by Crippen LogP contribution is 2.18. The van der Waals surface area contributed by atoms with Crippen LogP contribution in [0.25, 0.3) is 0 Å². The summed E-state index contributed by atoms with van der Waals surface area (Å²) in [6.45, 7) is 1.03. The first kappa shape index (κ1) is 14.6. The molecule has 1 fully saturated rings. The zero-order valence-corrected chi connectivity index (χ0v) is 11.5. The van der Waals surface area contributed by atoms with E-state index in [1.54, 1.807) is 6.92 Å². The van der Waals surface area contributed by atoms with Gasteiger partial charge in [0.05, 0.1) is 0 Å². The van der Waals surface area contributed by atoms with Crippen LogP contribution >= 0.6 is 0 Å². The number of carbonyl (C=O) groups excluding carboxylic acids is 2. The molecule has 0 aromatic carbocycles. The van der Waals surface area contributed by atoms with Crippen LogP contribution in [0.4, 0.5) is 0 Å². The van der Waals surface area contributed by atoms with Gasteiger partial charge in [-0.3, -0.25) is 4.79 Å². The second-order valence-corrected chi connectivity index (χ2v) is 4.97. The maximum absolute atomic E-state index is 11.8. The SMILES string of the molecule is Cc1oc(CO)cc1C(=O)OCC(=O)NC1CCCC1. The van der Waals surface area contributed by atoms with Crippen molar-refractivity contribution in [3.8, 4) is 0 Å². The maximum atomic E-state index is 11.8. The fraction of sp³-hybridized carbons (Fsp3) is 0.571. The average molecular weight is 281 g/mol. The predicted molar refractivity (Wildman–Crippen MR) is 70.0 cm³/mol. The summed E-state index contributed by atoms with van der Waals surface area (Å²) in [5.41, 5.74) is 0.239. The summed E-state index contributed by atoms with van der Waals surface area (Å²) >= 11 is 0. The third-order valence-electron chi connectivity index (χ3n) is 3.40. The molecule has 1 aliphatic carbocycles. The third kappa shape index (κ3) is 3.60. The van der Waals surface area contributed by atoms with Crippen molar-refractivity contribution >= 4 is 11.9 Å². The van der Waals surface area contributed by atoms with E-state index in [4.69, 9.17) is 14.3 Å². The van der Waals surface area contributed by atoms with Crippen molar-refractivity contribution in [3.63, 3.8) is 0 Å². The quantitative estimate of drug-likeness (QED) is 0.794. The molecule has 0 unspecified atom stereocenters. The third-order valence-corrected chi connectivity index (χ3v) is 3.40. The molecule has 0 radical (unpaired) electrons. The number of aliphatic hydroxyl groups is 1. The minimum absolute atomic E-state index is 0.206. The van der Waals surface area contributed by atoms with E-state index >= 15 is 0 Å². The Kier molecular flexibility index (Phi) is 4.79. The Labute approximate surface area is 117 Å². The van der Waals surface area contributed by atoms with Crippen molar-refractivity contribution < 1.29 is 23.8 Å². The first-order valence-electron chi connectivity index (χ1n) is 6.77. The lowest BCUT2D eigenvalue weighted by Crippen LogP contribution is -2.35. The van der Waals surface area contributed by atoms with Gasteiger partial charge in [-0.2, -0.15) is 0 Å². The van der Waals surface area contributed by atoms with Crippen molar-refractivity contribution in [2.75, 3.05) is 6.61 Å². The molecule has 1 saturated carbocycles. The minimum Gasteiger partial charge on any atom is -0.463 e. The van der Waals surface area contributed by atoms with Crippen LogP contribution in [0.3, 0.4) is 0 Å². The van der Waals surface area contributed by atoms with Gasteiger partial charge in [-0.05, 0) is 25.8 Å². The van der Waals surface area contributed by atoms with Gasteiger partial charge in [0.1, 0.15) is 23.7 Å². The van der Waals surface area contributed by atoms with Gasteiger partial charge in [0, 0.05) is 6.04 Å². The molecule has 0 saturated heterocycles. The molecule has 2 N–H and O–H groups in total. The summed E-state index contributed by atoms with van der Waals surface area (Å²) in [5.74, 6) is -0.235. The van der Waals surface area contributed by atoms with E-state index in [2.05, 4.69) is 5.32 Å². The number of hydrogen-bond acceptors (Lipinski definition) is 5. The second kappa shape index (κ2) is 6.56.